The monoisotopic (exact) mass is 425 g/mol. The summed E-state index contributed by atoms with van der Waals surface area (Å²) in [5, 5.41) is 23.7. The zero-order chi connectivity index (χ0) is 22.8. The van der Waals surface area contributed by atoms with Gasteiger partial charge in [-0.05, 0) is 17.9 Å². The van der Waals surface area contributed by atoms with E-state index in [1.165, 1.54) is 5.39 Å². The molecule has 9 nitrogen and oxygen atoms in total. The highest BCUT2D eigenvalue weighted by atomic mass is 16.6. The van der Waals surface area contributed by atoms with Crippen molar-refractivity contribution >= 4 is 33.8 Å². The number of esters is 1. The standard InChI is InChI=1S/C12H14N2O6.C10H9N/c1-2-3-4-5-20-12(15)9-6-10(13(16)17)8-11(7-9)14(18)19;11-10-7-3-5-8-4-1-2-6-9(8)10/h6-8H,2-5H2,1H3;1-7H,11H2. The van der Waals surface area contributed by atoms with Crippen molar-refractivity contribution in [3.8, 4) is 0 Å². The number of hydrogen-bond acceptors (Lipinski definition) is 7. The molecule has 31 heavy (non-hydrogen) atoms. The molecular formula is C22H23N3O6. The van der Waals surface area contributed by atoms with Crippen LogP contribution in [0, 0.1) is 20.2 Å². The Balaban J connectivity index is 0.000000258. The Kier molecular flexibility index (Phi) is 8.44. The van der Waals surface area contributed by atoms with E-state index in [2.05, 4.69) is 12.1 Å². The second-order valence-corrected chi connectivity index (χ2v) is 6.66. The Morgan fingerprint density at radius 2 is 1.55 bits per heavy atom. The van der Waals surface area contributed by atoms with Crippen molar-refractivity contribution in [3.05, 3.63) is 86.5 Å². The fourth-order valence-corrected chi connectivity index (χ4v) is 2.77. The van der Waals surface area contributed by atoms with E-state index >= 15 is 0 Å². The third-order valence-corrected chi connectivity index (χ3v) is 4.36. The van der Waals surface area contributed by atoms with Gasteiger partial charge in [0.1, 0.15) is 0 Å². The first-order valence-corrected chi connectivity index (χ1v) is 9.67. The molecular weight excluding hydrogens is 402 g/mol. The van der Waals surface area contributed by atoms with Gasteiger partial charge in [-0.1, -0.05) is 56.2 Å². The van der Waals surface area contributed by atoms with Crippen LogP contribution in [-0.2, 0) is 4.74 Å². The number of nitro groups is 2. The van der Waals surface area contributed by atoms with Crippen LogP contribution >= 0.6 is 0 Å². The van der Waals surface area contributed by atoms with E-state index in [1.54, 1.807) is 0 Å². The fourth-order valence-electron chi connectivity index (χ4n) is 2.77. The summed E-state index contributed by atoms with van der Waals surface area (Å²) in [5.74, 6) is -0.798. The van der Waals surface area contributed by atoms with Crippen LogP contribution in [0.4, 0.5) is 17.1 Å². The number of rotatable bonds is 7. The maximum absolute atomic E-state index is 11.7. The summed E-state index contributed by atoms with van der Waals surface area (Å²) in [7, 11) is 0. The quantitative estimate of drug-likeness (QED) is 0.179. The van der Waals surface area contributed by atoms with Gasteiger partial charge in [0.2, 0.25) is 0 Å². The average Bonchev–Trinajstić information content (AvgIpc) is 2.77. The first kappa shape index (κ1) is 23.3. The lowest BCUT2D eigenvalue weighted by molar-refractivity contribution is -0.394. The summed E-state index contributed by atoms with van der Waals surface area (Å²) in [5.41, 5.74) is 5.39. The number of fused-ring (bicyclic) bond motifs is 1. The Labute approximate surface area is 178 Å². The Morgan fingerprint density at radius 1 is 0.935 bits per heavy atom. The number of hydrogen-bond donors (Lipinski definition) is 1. The van der Waals surface area contributed by atoms with Crippen LogP contribution in [0.25, 0.3) is 10.8 Å². The minimum absolute atomic E-state index is 0.184. The molecule has 3 aromatic carbocycles. The van der Waals surface area contributed by atoms with Crippen LogP contribution in [0.5, 0.6) is 0 Å². The van der Waals surface area contributed by atoms with Crippen molar-refractivity contribution in [2.45, 2.75) is 26.2 Å². The minimum Gasteiger partial charge on any atom is -0.462 e. The van der Waals surface area contributed by atoms with E-state index in [1.807, 2.05) is 37.3 Å². The van der Waals surface area contributed by atoms with Gasteiger partial charge in [-0.25, -0.2) is 4.79 Å². The molecule has 0 spiro atoms. The van der Waals surface area contributed by atoms with Crippen LogP contribution in [-0.4, -0.2) is 22.4 Å². The molecule has 0 aromatic heterocycles. The number of non-ortho nitro benzene ring substituents is 2. The molecule has 0 saturated carbocycles. The number of carbonyl (C=O) groups is 1. The van der Waals surface area contributed by atoms with Gasteiger partial charge in [-0.3, -0.25) is 20.2 Å². The molecule has 0 fully saturated rings. The number of nitrogen functional groups attached to an aromatic ring is 1. The minimum atomic E-state index is -0.798. The topological polar surface area (TPSA) is 139 Å². The van der Waals surface area contributed by atoms with Crippen molar-refractivity contribution in [1.82, 2.24) is 0 Å². The number of nitro benzene ring substituents is 2. The number of carbonyl (C=O) groups excluding carboxylic acids is 1. The van der Waals surface area contributed by atoms with Crippen LogP contribution in [0.3, 0.4) is 0 Å². The predicted octanol–water partition coefficient (Wildman–Crippen LogP) is 5.27. The van der Waals surface area contributed by atoms with Crippen molar-refractivity contribution < 1.29 is 19.4 Å². The van der Waals surface area contributed by atoms with Gasteiger partial charge >= 0.3 is 5.97 Å². The number of nitrogens with zero attached hydrogens (tertiary/aromatic N) is 2. The number of ether oxygens (including phenoxy) is 1. The van der Waals surface area contributed by atoms with Gasteiger partial charge in [-0.15, -0.1) is 0 Å². The highest BCUT2D eigenvalue weighted by Gasteiger charge is 2.20. The second kappa shape index (κ2) is 11.2. The maximum Gasteiger partial charge on any atom is 0.338 e. The molecule has 0 saturated heterocycles. The SMILES string of the molecule is CCCCCOC(=O)c1cc([N+](=O)[O-])cc([N+](=O)[O-])c1.Nc1cccc2ccccc12. The zero-order valence-electron chi connectivity index (χ0n) is 17.0. The van der Waals surface area contributed by atoms with Crippen LogP contribution in [0.15, 0.2) is 60.7 Å². The molecule has 3 aromatic rings. The smallest absolute Gasteiger partial charge is 0.338 e. The fraction of sp³-hybridized carbons (Fsp3) is 0.227. The molecule has 0 aliphatic heterocycles. The van der Waals surface area contributed by atoms with Crippen LogP contribution in [0.2, 0.25) is 0 Å². The van der Waals surface area contributed by atoms with Crippen molar-refractivity contribution in [2.75, 3.05) is 12.3 Å². The van der Waals surface area contributed by atoms with Crippen LogP contribution < -0.4 is 5.73 Å². The molecule has 162 valence electrons. The normalized spacial score (nSPS) is 10.1. The number of unbranched alkanes of at least 4 members (excludes halogenated alkanes) is 2. The molecule has 0 aliphatic carbocycles. The molecule has 9 heteroatoms. The third-order valence-electron chi connectivity index (χ3n) is 4.36. The van der Waals surface area contributed by atoms with E-state index in [4.69, 9.17) is 10.5 Å². The lowest BCUT2D eigenvalue weighted by Gasteiger charge is -2.04. The lowest BCUT2D eigenvalue weighted by Crippen LogP contribution is -2.07. The molecule has 0 bridgehead atoms. The first-order chi connectivity index (χ1) is 14.8. The van der Waals surface area contributed by atoms with Gasteiger partial charge in [0.05, 0.1) is 28.1 Å². The van der Waals surface area contributed by atoms with E-state index in [9.17, 15) is 25.0 Å². The van der Waals surface area contributed by atoms with E-state index in [0.29, 0.717) is 6.42 Å². The van der Waals surface area contributed by atoms with Gasteiger partial charge in [0.25, 0.3) is 11.4 Å². The van der Waals surface area contributed by atoms with Crippen LogP contribution in [0.1, 0.15) is 36.5 Å². The van der Waals surface area contributed by atoms with Gasteiger partial charge in [0.15, 0.2) is 0 Å². The molecule has 3 rings (SSSR count). The highest BCUT2D eigenvalue weighted by Crippen LogP contribution is 2.23. The summed E-state index contributed by atoms with van der Waals surface area (Å²) in [4.78, 5) is 31.5. The molecule has 0 radical (unpaired) electrons. The van der Waals surface area contributed by atoms with Gasteiger partial charge < -0.3 is 10.5 Å². The third kappa shape index (κ3) is 6.77. The van der Waals surface area contributed by atoms with Gasteiger partial charge in [-0.2, -0.15) is 0 Å². The van der Waals surface area contributed by atoms with Crippen molar-refractivity contribution in [3.63, 3.8) is 0 Å². The summed E-state index contributed by atoms with van der Waals surface area (Å²) < 4.78 is 4.92. The van der Waals surface area contributed by atoms with Crippen molar-refractivity contribution in [1.29, 1.82) is 0 Å². The average molecular weight is 425 g/mol. The molecule has 0 atom stereocenters. The molecule has 0 heterocycles. The van der Waals surface area contributed by atoms with E-state index < -0.39 is 27.2 Å². The Bertz CT molecular complexity index is 1050. The summed E-state index contributed by atoms with van der Waals surface area (Å²) in [6.45, 7) is 2.18. The molecule has 2 N–H and O–H groups in total. The number of benzene rings is 3. The Hall–Kier alpha value is -4.01. The van der Waals surface area contributed by atoms with Gasteiger partial charge in [0, 0.05) is 23.2 Å². The molecule has 0 aliphatic rings. The van der Waals surface area contributed by atoms with Crippen molar-refractivity contribution in [2.24, 2.45) is 0 Å². The lowest BCUT2D eigenvalue weighted by atomic mass is 10.1. The van der Waals surface area contributed by atoms with E-state index in [-0.39, 0.29) is 12.2 Å². The molecule has 0 amide bonds. The summed E-state index contributed by atoms with van der Waals surface area (Å²) in [6, 6.07) is 16.8. The maximum atomic E-state index is 11.7. The highest BCUT2D eigenvalue weighted by molar-refractivity contribution is 5.92. The van der Waals surface area contributed by atoms with E-state index in [0.717, 1.165) is 42.1 Å². The number of nitrogens with two attached hydrogens (primary N) is 1. The largest absolute Gasteiger partial charge is 0.462 e. The Morgan fingerprint density at radius 3 is 2.13 bits per heavy atom. The predicted molar refractivity (Wildman–Crippen MR) is 118 cm³/mol. The number of anilines is 1. The summed E-state index contributed by atoms with van der Waals surface area (Å²) in [6.07, 6.45) is 2.53. The second-order valence-electron chi connectivity index (χ2n) is 6.66. The molecule has 0 unspecified atom stereocenters. The zero-order valence-corrected chi connectivity index (χ0v) is 17.0. The first-order valence-electron chi connectivity index (χ1n) is 9.67. The summed E-state index contributed by atoms with van der Waals surface area (Å²) >= 11 is 0.